The van der Waals surface area contributed by atoms with Gasteiger partial charge >= 0.3 is 11.9 Å². The average Bonchev–Trinajstić information content (AvgIpc) is 2.56. The Labute approximate surface area is 141 Å². The molecule has 6 N–H and O–H groups in total. The molecule has 1 aliphatic heterocycles. The summed E-state index contributed by atoms with van der Waals surface area (Å²) < 4.78 is 10.0. The SMILES string of the molecule is N#CC(=CC=C(CC(=O)O)C(=O)O)OC1OC(CO)C(O)C(O)C1O. The van der Waals surface area contributed by atoms with Crippen molar-refractivity contribution in [2.75, 3.05) is 6.61 Å². The Morgan fingerprint density at radius 3 is 2.24 bits per heavy atom. The summed E-state index contributed by atoms with van der Waals surface area (Å²) in [7, 11) is 0. The lowest BCUT2D eigenvalue weighted by atomic mass is 9.99. The maximum absolute atomic E-state index is 10.9. The van der Waals surface area contributed by atoms with Crippen molar-refractivity contribution in [3.8, 4) is 6.07 Å². The fraction of sp³-hybridized carbons (Fsp3) is 0.500. The molecule has 0 saturated carbocycles. The van der Waals surface area contributed by atoms with Gasteiger partial charge in [0.25, 0.3) is 0 Å². The lowest BCUT2D eigenvalue weighted by molar-refractivity contribution is -0.290. The minimum atomic E-state index is -1.75. The first kappa shape index (κ1) is 20.6. The third-order valence-electron chi connectivity index (χ3n) is 3.25. The zero-order valence-corrected chi connectivity index (χ0v) is 12.7. The number of carboxylic acid groups (broad SMARTS) is 2. The second-order valence-electron chi connectivity index (χ2n) is 5.03. The largest absolute Gasteiger partial charge is 0.481 e. The number of hydrogen-bond donors (Lipinski definition) is 6. The Kier molecular flexibility index (Phi) is 7.49. The van der Waals surface area contributed by atoms with Crippen LogP contribution < -0.4 is 0 Å². The van der Waals surface area contributed by atoms with Crippen LogP contribution in [0.25, 0.3) is 0 Å². The third kappa shape index (κ3) is 5.52. The first-order chi connectivity index (χ1) is 11.7. The quantitative estimate of drug-likeness (QED) is 0.124. The summed E-state index contributed by atoms with van der Waals surface area (Å²) in [6.07, 6.45) is -7.06. The van der Waals surface area contributed by atoms with E-state index >= 15 is 0 Å². The minimum Gasteiger partial charge on any atom is -0.481 e. The van der Waals surface area contributed by atoms with Gasteiger partial charge in [0.2, 0.25) is 6.29 Å². The summed E-state index contributed by atoms with van der Waals surface area (Å²) in [6.45, 7) is -0.696. The van der Waals surface area contributed by atoms with Gasteiger partial charge < -0.3 is 40.1 Å². The number of nitrogens with zero attached hydrogens (tertiary/aromatic N) is 1. The zero-order valence-electron chi connectivity index (χ0n) is 12.7. The van der Waals surface area contributed by atoms with Gasteiger partial charge in [-0.05, 0) is 12.2 Å². The van der Waals surface area contributed by atoms with Crippen molar-refractivity contribution in [3.05, 3.63) is 23.5 Å². The van der Waals surface area contributed by atoms with E-state index in [0.717, 1.165) is 12.2 Å². The van der Waals surface area contributed by atoms with E-state index in [1.165, 1.54) is 6.07 Å². The topological polar surface area (TPSA) is 198 Å². The van der Waals surface area contributed by atoms with Gasteiger partial charge in [0.15, 0.2) is 5.76 Å². The van der Waals surface area contributed by atoms with Gasteiger partial charge in [0.05, 0.1) is 13.0 Å². The summed E-state index contributed by atoms with van der Waals surface area (Å²) in [5, 5.41) is 64.5. The fourth-order valence-corrected chi connectivity index (χ4v) is 1.94. The van der Waals surface area contributed by atoms with Gasteiger partial charge in [0.1, 0.15) is 30.5 Å². The smallest absolute Gasteiger partial charge is 0.332 e. The number of hydrogen-bond acceptors (Lipinski definition) is 9. The molecule has 0 aromatic carbocycles. The zero-order chi connectivity index (χ0) is 19.1. The van der Waals surface area contributed by atoms with Gasteiger partial charge in [-0.2, -0.15) is 5.26 Å². The van der Waals surface area contributed by atoms with Gasteiger partial charge in [-0.3, -0.25) is 4.79 Å². The van der Waals surface area contributed by atoms with E-state index in [0.29, 0.717) is 0 Å². The van der Waals surface area contributed by atoms with Crippen LogP contribution in [0.1, 0.15) is 6.42 Å². The summed E-state index contributed by atoms with van der Waals surface area (Å²) in [6, 6.07) is 1.53. The molecule has 1 heterocycles. The molecule has 1 saturated heterocycles. The number of allylic oxidation sites excluding steroid dienone is 3. The van der Waals surface area contributed by atoms with E-state index < -0.39 is 67.0 Å². The number of carboxylic acids is 2. The van der Waals surface area contributed by atoms with Crippen molar-refractivity contribution in [2.45, 2.75) is 37.1 Å². The maximum atomic E-state index is 10.9. The second kappa shape index (κ2) is 9.11. The third-order valence-corrected chi connectivity index (χ3v) is 3.25. The number of carbonyl (C=O) groups is 2. The molecule has 5 atom stereocenters. The van der Waals surface area contributed by atoms with Crippen LogP contribution in [0.4, 0.5) is 0 Å². The highest BCUT2D eigenvalue weighted by atomic mass is 16.7. The summed E-state index contributed by atoms with van der Waals surface area (Å²) in [5.41, 5.74) is -0.530. The standard InChI is InChI=1S/C14H17NO10/c15-4-7(2-1-6(13(22)23)3-9(17)18)24-14-12(21)11(20)10(19)8(5-16)25-14/h1-2,8,10-12,14,16,19-21H,3,5H2,(H,17,18)(H,22,23). The molecular formula is C14H17NO10. The molecule has 1 aliphatic rings. The van der Waals surface area contributed by atoms with E-state index in [4.69, 9.17) is 30.1 Å². The Morgan fingerprint density at radius 2 is 1.76 bits per heavy atom. The van der Waals surface area contributed by atoms with Crippen LogP contribution in [-0.4, -0.2) is 79.9 Å². The van der Waals surface area contributed by atoms with Crippen molar-refractivity contribution in [1.29, 1.82) is 5.26 Å². The molecule has 0 radical (unpaired) electrons. The highest BCUT2D eigenvalue weighted by Gasteiger charge is 2.44. The molecule has 0 aromatic rings. The first-order valence-electron chi connectivity index (χ1n) is 6.94. The minimum absolute atomic E-state index is 0.530. The Bertz CT molecular complexity index is 605. The Morgan fingerprint density at radius 1 is 1.12 bits per heavy atom. The van der Waals surface area contributed by atoms with Gasteiger partial charge in [-0.1, -0.05) is 0 Å². The number of nitriles is 1. The molecule has 0 aromatic heterocycles. The summed E-state index contributed by atoms with van der Waals surface area (Å²) in [5.74, 6) is -3.45. The molecule has 1 fully saturated rings. The average molecular weight is 359 g/mol. The van der Waals surface area contributed by atoms with Crippen LogP contribution >= 0.6 is 0 Å². The Balaban J connectivity index is 2.95. The molecule has 0 spiro atoms. The second-order valence-corrected chi connectivity index (χ2v) is 5.03. The van der Waals surface area contributed by atoms with Crippen LogP contribution in [0, 0.1) is 11.3 Å². The summed E-state index contributed by atoms with van der Waals surface area (Å²) >= 11 is 0. The van der Waals surface area contributed by atoms with Gasteiger partial charge in [0, 0.05) is 5.57 Å². The van der Waals surface area contributed by atoms with E-state index in [1.807, 2.05) is 0 Å². The highest BCUT2D eigenvalue weighted by Crippen LogP contribution is 2.23. The lowest BCUT2D eigenvalue weighted by Crippen LogP contribution is -2.59. The van der Waals surface area contributed by atoms with Crippen LogP contribution in [0.2, 0.25) is 0 Å². The number of aliphatic hydroxyl groups excluding tert-OH is 4. The van der Waals surface area contributed by atoms with E-state index in [-0.39, 0.29) is 0 Å². The number of aliphatic carboxylic acids is 2. The fourth-order valence-electron chi connectivity index (χ4n) is 1.94. The maximum Gasteiger partial charge on any atom is 0.332 e. The number of rotatable bonds is 7. The summed E-state index contributed by atoms with van der Waals surface area (Å²) in [4.78, 5) is 21.5. The van der Waals surface area contributed by atoms with Crippen molar-refractivity contribution in [1.82, 2.24) is 0 Å². The van der Waals surface area contributed by atoms with Crippen LogP contribution in [0.15, 0.2) is 23.5 Å². The highest BCUT2D eigenvalue weighted by molar-refractivity contribution is 5.92. The van der Waals surface area contributed by atoms with Crippen molar-refractivity contribution >= 4 is 11.9 Å². The predicted octanol–water partition coefficient (Wildman–Crippen LogP) is -2.30. The van der Waals surface area contributed by atoms with Gasteiger partial charge in [-0.25, -0.2) is 4.79 Å². The molecule has 11 nitrogen and oxygen atoms in total. The molecule has 0 aliphatic carbocycles. The molecule has 0 bridgehead atoms. The lowest BCUT2D eigenvalue weighted by Gasteiger charge is -2.39. The number of aliphatic hydroxyl groups is 4. The first-order valence-corrected chi connectivity index (χ1v) is 6.94. The molecular weight excluding hydrogens is 342 g/mol. The molecule has 1 rings (SSSR count). The van der Waals surface area contributed by atoms with Gasteiger partial charge in [-0.15, -0.1) is 0 Å². The van der Waals surface area contributed by atoms with Crippen LogP contribution in [0.3, 0.4) is 0 Å². The molecule has 25 heavy (non-hydrogen) atoms. The van der Waals surface area contributed by atoms with Crippen molar-refractivity contribution < 1.29 is 49.7 Å². The molecule has 138 valence electrons. The number of ether oxygens (including phenoxy) is 2. The molecule has 0 amide bonds. The molecule has 11 heteroatoms. The van der Waals surface area contributed by atoms with Crippen molar-refractivity contribution in [3.63, 3.8) is 0 Å². The predicted molar refractivity (Wildman–Crippen MR) is 76.5 cm³/mol. The van der Waals surface area contributed by atoms with Crippen LogP contribution in [0.5, 0.6) is 0 Å². The monoisotopic (exact) mass is 359 g/mol. The van der Waals surface area contributed by atoms with E-state index in [2.05, 4.69) is 0 Å². The van der Waals surface area contributed by atoms with Crippen LogP contribution in [-0.2, 0) is 19.1 Å². The normalized spacial score (nSPS) is 30.4. The van der Waals surface area contributed by atoms with E-state index in [1.54, 1.807) is 0 Å². The van der Waals surface area contributed by atoms with E-state index in [9.17, 15) is 24.9 Å². The molecule has 5 unspecified atom stereocenters. The van der Waals surface area contributed by atoms with Crippen molar-refractivity contribution in [2.24, 2.45) is 0 Å². The Hall–Kier alpha value is -2.49.